The fourth-order valence-corrected chi connectivity index (χ4v) is 3.55. The second-order valence-electron chi connectivity index (χ2n) is 7.65. The zero-order valence-corrected chi connectivity index (χ0v) is 19.5. The van der Waals surface area contributed by atoms with Crippen LogP contribution in [0, 0.1) is 0 Å². The predicted octanol–water partition coefficient (Wildman–Crippen LogP) is 2.50. The monoisotopic (exact) mass is 478 g/mol. The number of hydrogen-bond donors (Lipinski definition) is 1. The number of carbonyl (C=O) groups is 1. The normalized spacial score (nSPS) is 10.8. The fraction of sp³-hybridized carbons (Fsp3) is 0.292. The molecular weight excluding hydrogens is 452 g/mol. The third-order valence-electron chi connectivity index (χ3n) is 5.31. The van der Waals surface area contributed by atoms with Crippen LogP contribution in [-0.2, 0) is 17.9 Å². The van der Waals surface area contributed by atoms with Crippen LogP contribution < -0.4 is 25.1 Å². The van der Waals surface area contributed by atoms with Crippen molar-refractivity contribution in [3.05, 3.63) is 65.7 Å². The van der Waals surface area contributed by atoms with Crippen LogP contribution in [0.4, 0.5) is 5.69 Å². The molecule has 0 spiro atoms. The first-order chi connectivity index (χ1) is 17.1. The van der Waals surface area contributed by atoms with E-state index in [1.807, 2.05) is 12.1 Å². The van der Waals surface area contributed by atoms with E-state index in [0.29, 0.717) is 60.0 Å². The Morgan fingerprint density at radius 1 is 1.06 bits per heavy atom. The zero-order chi connectivity index (χ0) is 24.6. The van der Waals surface area contributed by atoms with Crippen molar-refractivity contribution in [2.45, 2.75) is 25.9 Å². The van der Waals surface area contributed by atoms with Crippen molar-refractivity contribution in [2.24, 2.45) is 0 Å². The summed E-state index contributed by atoms with van der Waals surface area (Å²) in [6.07, 6.45) is 5.29. The average Bonchev–Trinajstić information content (AvgIpc) is 3.38. The Bertz CT molecular complexity index is 1350. The molecule has 0 radical (unpaired) electrons. The van der Waals surface area contributed by atoms with Gasteiger partial charge in [-0.25, -0.2) is 14.6 Å². The number of fused-ring (bicyclic) bond motifs is 1. The molecule has 0 bridgehead atoms. The van der Waals surface area contributed by atoms with Crippen molar-refractivity contribution in [3.8, 4) is 17.2 Å². The maximum absolute atomic E-state index is 12.9. The third-order valence-corrected chi connectivity index (χ3v) is 5.31. The maximum Gasteiger partial charge on any atom is 0.261 e. The highest BCUT2D eigenvalue weighted by Gasteiger charge is 2.11. The first kappa shape index (κ1) is 23.7. The maximum atomic E-state index is 12.9. The number of ether oxygens (including phenoxy) is 3. The van der Waals surface area contributed by atoms with E-state index in [2.05, 4.69) is 20.4 Å². The van der Waals surface area contributed by atoms with Gasteiger partial charge in [-0.05, 0) is 24.6 Å². The summed E-state index contributed by atoms with van der Waals surface area (Å²) < 4.78 is 19.4. The van der Waals surface area contributed by atoms with Gasteiger partial charge in [0.1, 0.15) is 25.0 Å². The van der Waals surface area contributed by atoms with Crippen molar-refractivity contribution < 1.29 is 19.0 Å². The zero-order valence-electron chi connectivity index (χ0n) is 19.5. The van der Waals surface area contributed by atoms with Crippen LogP contribution in [0.3, 0.4) is 0 Å². The van der Waals surface area contributed by atoms with Gasteiger partial charge in [-0.15, -0.1) is 0 Å². The van der Waals surface area contributed by atoms with Gasteiger partial charge >= 0.3 is 0 Å². The molecular formula is C24H26N6O5. The number of methoxy groups -OCH3 is 2. The minimum Gasteiger partial charge on any atom is -0.493 e. The van der Waals surface area contributed by atoms with Gasteiger partial charge < -0.3 is 19.5 Å². The molecule has 182 valence electrons. The molecule has 0 fully saturated rings. The lowest BCUT2D eigenvalue weighted by atomic mass is 10.2. The van der Waals surface area contributed by atoms with Gasteiger partial charge in [-0.3, -0.25) is 14.2 Å². The summed E-state index contributed by atoms with van der Waals surface area (Å²) in [7, 11) is 3.04. The molecule has 4 aromatic rings. The van der Waals surface area contributed by atoms with Crippen LogP contribution in [0.15, 0.2) is 60.2 Å². The Hall–Kier alpha value is -4.41. The van der Waals surface area contributed by atoms with Crippen LogP contribution in [0.2, 0.25) is 0 Å². The molecule has 11 heteroatoms. The second-order valence-corrected chi connectivity index (χ2v) is 7.65. The van der Waals surface area contributed by atoms with Crippen molar-refractivity contribution in [3.63, 3.8) is 0 Å². The quantitative estimate of drug-likeness (QED) is 0.349. The molecule has 2 heterocycles. The standard InChI is InChI=1S/C24H26N6O5/c1-33-21-12-19-20(13-22(21)34-2)26-16-29(24(19)32)8-4-7-23(31)28-17-5-3-6-18(11-17)35-10-9-30-15-25-14-27-30/h3,5-6,11-16H,4,7-10H2,1-2H3,(H,28,31). The van der Waals surface area contributed by atoms with Crippen LogP contribution >= 0.6 is 0 Å². The highest BCUT2D eigenvalue weighted by Crippen LogP contribution is 2.29. The summed E-state index contributed by atoms with van der Waals surface area (Å²) in [5.41, 5.74) is 0.955. The lowest BCUT2D eigenvalue weighted by Crippen LogP contribution is -2.22. The summed E-state index contributed by atoms with van der Waals surface area (Å²) in [6, 6.07) is 10.5. The average molecular weight is 479 g/mol. The number of aromatic nitrogens is 5. The van der Waals surface area contributed by atoms with Crippen LogP contribution in [-0.4, -0.2) is 51.0 Å². The second kappa shape index (κ2) is 11.1. The molecule has 0 aliphatic carbocycles. The van der Waals surface area contributed by atoms with E-state index in [1.165, 1.54) is 31.4 Å². The Labute approximate surface area is 201 Å². The molecule has 4 rings (SSSR count). The summed E-state index contributed by atoms with van der Waals surface area (Å²) in [4.78, 5) is 33.5. The molecule has 0 atom stereocenters. The highest BCUT2D eigenvalue weighted by atomic mass is 16.5. The molecule has 35 heavy (non-hydrogen) atoms. The van der Waals surface area contributed by atoms with Crippen LogP contribution in [0.25, 0.3) is 10.9 Å². The summed E-state index contributed by atoms with van der Waals surface area (Å²) in [5.74, 6) is 1.45. The van der Waals surface area contributed by atoms with Gasteiger partial charge in [0.2, 0.25) is 5.91 Å². The Morgan fingerprint density at radius 2 is 1.89 bits per heavy atom. The van der Waals surface area contributed by atoms with E-state index in [1.54, 1.807) is 35.3 Å². The van der Waals surface area contributed by atoms with E-state index >= 15 is 0 Å². The smallest absolute Gasteiger partial charge is 0.261 e. The molecule has 2 aromatic heterocycles. The van der Waals surface area contributed by atoms with Crippen molar-refractivity contribution in [1.82, 2.24) is 24.3 Å². The first-order valence-electron chi connectivity index (χ1n) is 11.0. The van der Waals surface area contributed by atoms with E-state index in [9.17, 15) is 9.59 Å². The number of hydrogen-bond acceptors (Lipinski definition) is 8. The predicted molar refractivity (Wildman–Crippen MR) is 129 cm³/mol. The number of nitrogens with zero attached hydrogens (tertiary/aromatic N) is 5. The summed E-state index contributed by atoms with van der Waals surface area (Å²) >= 11 is 0. The lowest BCUT2D eigenvalue weighted by molar-refractivity contribution is -0.116. The van der Waals surface area contributed by atoms with Gasteiger partial charge in [-0.1, -0.05) is 6.07 Å². The number of amides is 1. The topological polar surface area (TPSA) is 122 Å². The molecule has 0 saturated heterocycles. The molecule has 0 saturated carbocycles. The van der Waals surface area contributed by atoms with Crippen molar-refractivity contribution in [2.75, 3.05) is 26.1 Å². The molecule has 11 nitrogen and oxygen atoms in total. The Morgan fingerprint density at radius 3 is 2.66 bits per heavy atom. The molecule has 1 amide bonds. The van der Waals surface area contributed by atoms with Gasteiger partial charge in [0.15, 0.2) is 11.5 Å². The van der Waals surface area contributed by atoms with Crippen molar-refractivity contribution in [1.29, 1.82) is 0 Å². The number of rotatable bonds is 11. The lowest BCUT2D eigenvalue weighted by Gasteiger charge is -2.11. The molecule has 0 aliphatic heterocycles. The SMILES string of the molecule is COc1cc2ncn(CCCC(=O)Nc3cccc(OCCn4cncn4)c3)c(=O)c2cc1OC. The number of carbonyl (C=O) groups excluding carboxylic acids is 1. The van der Waals surface area contributed by atoms with E-state index in [4.69, 9.17) is 14.2 Å². The molecule has 1 N–H and O–H groups in total. The first-order valence-corrected chi connectivity index (χ1v) is 11.0. The minimum atomic E-state index is -0.202. The Balaban J connectivity index is 1.30. The van der Waals surface area contributed by atoms with Gasteiger partial charge in [0, 0.05) is 30.8 Å². The van der Waals surface area contributed by atoms with E-state index in [0.717, 1.165) is 0 Å². The number of aryl methyl sites for hydroxylation is 1. The Kier molecular flexibility index (Phi) is 7.56. The van der Waals surface area contributed by atoms with Gasteiger partial charge in [-0.2, -0.15) is 5.10 Å². The summed E-state index contributed by atoms with van der Waals surface area (Å²) in [6.45, 7) is 1.35. The molecule has 2 aromatic carbocycles. The number of anilines is 1. The number of nitrogens with one attached hydrogen (secondary N) is 1. The number of benzene rings is 2. The molecule has 0 unspecified atom stereocenters. The van der Waals surface area contributed by atoms with Crippen LogP contribution in [0.5, 0.6) is 17.2 Å². The molecule has 0 aliphatic rings. The van der Waals surface area contributed by atoms with Gasteiger partial charge in [0.05, 0.1) is 38.0 Å². The largest absolute Gasteiger partial charge is 0.493 e. The van der Waals surface area contributed by atoms with Crippen molar-refractivity contribution >= 4 is 22.5 Å². The fourth-order valence-electron chi connectivity index (χ4n) is 3.55. The summed E-state index contributed by atoms with van der Waals surface area (Å²) in [5, 5.41) is 7.31. The third kappa shape index (κ3) is 5.94. The van der Waals surface area contributed by atoms with Gasteiger partial charge in [0.25, 0.3) is 5.56 Å². The highest BCUT2D eigenvalue weighted by molar-refractivity contribution is 5.90. The van der Waals surface area contributed by atoms with E-state index < -0.39 is 0 Å². The van der Waals surface area contributed by atoms with E-state index in [-0.39, 0.29) is 17.9 Å². The van der Waals surface area contributed by atoms with Crippen LogP contribution in [0.1, 0.15) is 12.8 Å². The minimum absolute atomic E-state index is 0.155.